The van der Waals surface area contributed by atoms with Crippen molar-refractivity contribution in [1.82, 2.24) is 9.55 Å². The number of nitrogen functional groups attached to an aromatic ring is 1. The third-order valence-corrected chi connectivity index (χ3v) is 4.32. The molecule has 4 nitrogen and oxygen atoms in total. The number of nitriles is 1. The maximum atomic E-state index is 9.06. The van der Waals surface area contributed by atoms with Gasteiger partial charge >= 0.3 is 0 Å². The third-order valence-electron chi connectivity index (χ3n) is 3.28. The Bertz CT molecular complexity index is 908. The minimum Gasteiger partial charge on any atom is -0.369 e. The molecule has 6 heteroatoms. The van der Waals surface area contributed by atoms with Crippen LogP contribution < -0.4 is 5.73 Å². The fourth-order valence-electron chi connectivity index (χ4n) is 2.22. The minimum absolute atomic E-state index is 0.348. The molecule has 0 unspecified atom stereocenters. The first-order chi connectivity index (χ1) is 10.0. The number of aryl methyl sites for hydroxylation is 1. The lowest BCUT2D eigenvalue weighted by Gasteiger charge is -2.11. The predicted octanol–water partition coefficient (Wildman–Crippen LogP) is 4.20. The fraction of sp³-hybridized carbons (Fsp3) is 0.0667. The Morgan fingerprint density at radius 1 is 1.33 bits per heavy atom. The molecule has 3 aromatic rings. The number of nitrogens with zero attached hydrogens (tertiary/aromatic N) is 3. The predicted molar refractivity (Wildman–Crippen MR) is 87.6 cm³/mol. The third kappa shape index (κ3) is 2.27. The fourth-order valence-corrected chi connectivity index (χ4v) is 3.02. The molecular weight excluding hydrogens is 352 g/mol. The van der Waals surface area contributed by atoms with Crippen molar-refractivity contribution in [3.05, 3.63) is 51.0 Å². The van der Waals surface area contributed by atoms with Crippen molar-refractivity contribution in [2.75, 3.05) is 5.73 Å². The molecule has 0 saturated carbocycles. The zero-order valence-electron chi connectivity index (χ0n) is 11.1. The Morgan fingerprint density at radius 3 is 2.81 bits per heavy atom. The van der Waals surface area contributed by atoms with Crippen molar-refractivity contribution in [1.29, 1.82) is 5.26 Å². The molecule has 21 heavy (non-hydrogen) atoms. The second-order valence-corrected chi connectivity index (χ2v) is 5.94. The van der Waals surface area contributed by atoms with Gasteiger partial charge in [-0.2, -0.15) is 5.26 Å². The number of aromatic nitrogens is 2. The van der Waals surface area contributed by atoms with Crippen molar-refractivity contribution in [3.63, 3.8) is 0 Å². The summed E-state index contributed by atoms with van der Waals surface area (Å²) >= 11 is 9.75. The van der Waals surface area contributed by atoms with Crippen LogP contribution in [0.3, 0.4) is 0 Å². The number of fused-ring (bicyclic) bond motifs is 1. The number of rotatable bonds is 1. The Balaban J connectivity index is 2.37. The monoisotopic (exact) mass is 360 g/mol. The molecule has 0 atom stereocenters. The van der Waals surface area contributed by atoms with E-state index in [9.17, 15) is 0 Å². The van der Waals surface area contributed by atoms with Gasteiger partial charge in [-0.25, -0.2) is 4.98 Å². The molecule has 3 rings (SSSR count). The van der Waals surface area contributed by atoms with Crippen LogP contribution in [0.2, 0.25) is 5.02 Å². The average molecular weight is 362 g/mol. The normalized spacial score (nSPS) is 10.8. The first-order valence-corrected chi connectivity index (χ1v) is 7.32. The lowest BCUT2D eigenvalue weighted by Crippen LogP contribution is -2.02. The van der Waals surface area contributed by atoms with Gasteiger partial charge in [-0.1, -0.05) is 11.6 Å². The molecule has 1 aromatic heterocycles. The highest BCUT2D eigenvalue weighted by molar-refractivity contribution is 9.10. The van der Waals surface area contributed by atoms with Crippen LogP contribution in [0.1, 0.15) is 11.1 Å². The van der Waals surface area contributed by atoms with Crippen molar-refractivity contribution in [3.8, 4) is 11.8 Å². The van der Waals surface area contributed by atoms with Gasteiger partial charge in [0.2, 0.25) is 5.95 Å². The maximum absolute atomic E-state index is 9.06. The molecule has 0 fully saturated rings. The molecule has 0 aliphatic carbocycles. The second kappa shape index (κ2) is 5.06. The number of nitrogens with two attached hydrogens (primary N) is 1. The number of halogens is 2. The van der Waals surface area contributed by atoms with Gasteiger partial charge < -0.3 is 5.73 Å². The molecule has 0 amide bonds. The van der Waals surface area contributed by atoms with Crippen molar-refractivity contribution in [2.45, 2.75) is 6.92 Å². The largest absolute Gasteiger partial charge is 0.369 e. The lowest BCUT2D eigenvalue weighted by atomic mass is 10.2. The summed E-state index contributed by atoms with van der Waals surface area (Å²) in [7, 11) is 0. The molecule has 0 saturated heterocycles. The highest BCUT2D eigenvalue weighted by Crippen LogP contribution is 2.32. The SMILES string of the molecule is Cc1cc(Br)c(-n2c(N)nc3ccc(C#N)cc32)cc1Cl. The average Bonchev–Trinajstić information content (AvgIpc) is 2.78. The molecule has 0 aliphatic heterocycles. The summed E-state index contributed by atoms with van der Waals surface area (Å²) in [4.78, 5) is 4.33. The van der Waals surface area contributed by atoms with Crippen LogP contribution in [0.5, 0.6) is 0 Å². The Kier molecular flexibility index (Phi) is 3.36. The maximum Gasteiger partial charge on any atom is 0.205 e. The van der Waals surface area contributed by atoms with Gasteiger partial charge in [0.15, 0.2) is 0 Å². The first kappa shape index (κ1) is 13.9. The molecule has 104 valence electrons. The van der Waals surface area contributed by atoms with Crippen molar-refractivity contribution < 1.29 is 0 Å². The summed E-state index contributed by atoms with van der Waals surface area (Å²) in [6, 6.07) is 11.1. The van der Waals surface area contributed by atoms with Crippen molar-refractivity contribution >= 4 is 44.5 Å². The van der Waals surface area contributed by atoms with Gasteiger partial charge in [0, 0.05) is 9.50 Å². The number of hydrogen-bond acceptors (Lipinski definition) is 3. The van der Waals surface area contributed by atoms with Crippen LogP contribution in [0, 0.1) is 18.3 Å². The zero-order chi connectivity index (χ0) is 15.1. The van der Waals surface area contributed by atoms with Gasteiger partial charge in [-0.3, -0.25) is 4.57 Å². The number of hydrogen-bond donors (Lipinski definition) is 1. The quantitative estimate of drug-likeness (QED) is 0.706. The molecule has 0 aliphatic rings. The number of anilines is 1. The van der Waals surface area contributed by atoms with E-state index in [1.807, 2.05) is 19.1 Å². The molecule has 0 radical (unpaired) electrons. The van der Waals surface area contributed by atoms with E-state index in [2.05, 4.69) is 27.0 Å². The van der Waals surface area contributed by atoms with Gasteiger partial charge in [0.1, 0.15) is 0 Å². The van der Waals surface area contributed by atoms with Crippen LogP contribution in [-0.4, -0.2) is 9.55 Å². The van der Waals surface area contributed by atoms with Crippen LogP contribution in [0.15, 0.2) is 34.8 Å². The summed E-state index contributed by atoms with van der Waals surface area (Å²) in [5, 5.41) is 9.70. The van der Waals surface area contributed by atoms with Crippen LogP contribution in [-0.2, 0) is 0 Å². The second-order valence-electron chi connectivity index (χ2n) is 4.67. The molecule has 0 spiro atoms. The molecule has 2 aromatic carbocycles. The number of imidazole rings is 1. The molecule has 1 heterocycles. The topological polar surface area (TPSA) is 67.6 Å². The van der Waals surface area contributed by atoms with E-state index in [0.717, 1.165) is 26.8 Å². The van der Waals surface area contributed by atoms with E-state index in [1.54, 1.807) is 22.8 Å². The standard InChI is InChI=1S/C15H10BrClN4/c1-8-4-10(16)13(6-11(8)17)21-14-5-9(7-18)2-3-12(14)20-15(21)19/h2-6H,1H3,(H2,19,20). The summed E-state index contributed by atoms with van der Waals surface area (Å²) in [6.45, 7) is 1.93. The van der Waals surface area contributed by atoms with E-state index < -0.39 is 0 Å². The summed E-state index contributed by atoms with van der Waals surface area (Å²) in [6.07, 6.45) is 0. The van der Waals surface area contributed by atoms with Gasteiger partial charge in [-0.05, 0) is 58.7 Å². The Labute approximate surface area is 134 Å². The van der Waals surface area contributed by atoms with E-state index in [1.165, 1.54) is 0 Å². The highest BCUT2D eigenvalue weighted by Gasteiger charge is 2.14. The lowest BCUT2D eigenvalue weighted by molar-refractivity contribution is 1.10. The van der Waals surface area contributed by atoms with Gasteiger partial charge in [-0.15, -0.1) is 0 Å². The molecule has 2 N–H and O–H groups in total. The van der Waals surface area contributed by atoms with E-state index in [-0.39, 0.29) is 0 Å². The minimum atomic E-state index is 0.348. The van der Waals surface area contributed by atoms with E-state index in [4.69, 9.17) is 22.6 Å². The Hall–Kier alpha value is -2.03. The Morgan fingerprint density at radius 2 is 2.10 bits per heavy atom. The van der Waals surface area contributed by atoms with Gasteiger partial charge in [0.25, 0.3) is 0 Å². The van der Waals surface area contributed by atoms with Crippen molar-refractivity contribution in [2.24, 2.45) is 0 Å². The van der Waals surface area contributed by atoms with Crippen LogP contribution in [0.4, 0.5) is 5.95 Å². The first-order valence-electron chi connectivity index (χ1n) is 6.15. The highest BCUT2D eigenvalue weighted by atomic mass is 79.9. The summed E-state index contributed by atoms with van der Waals surface area (Å²) < 4.78 is 2.64. The van der Waals surface area contributed by atoms with Crippen LogP contribution >= 0.6 is 27.5 Å². The number of benzene rings is 2. The summed E-state index contributed by atoms with van der Waals surface area (Å²) in [5.74, 6) is 0.348. The summed E-state index contributed by atoms with van der Waals surface area (Å²) in [5.41, 5.74) is 9.85. The smallest absolute Gasteiger partial charge is 0.205 e. The molecule has 0 bridgehead atoms. The van der Waals surface area contributed by atoms with E-state index >= 15 is 0 Å². The van der Waals surface area contributed by atoms with Gasteiger partial charge in [0.05, 0.1) is 28.4 Å². The zero-order valence-corrected chi connectivity index (χ0v) is 13.4. The molecular formula is C15H10BrClN4. The van der Waals surface area contributed by atoms with Crippen LogP contribution in [0.25, 0.3) is 16.7 Å². The van der Waals surface area contributed by atoms with E-state index in [0.29, 0.717) is 16.5 Å².